The van der Waals surface area contributed by atoms with Crippen molar-refractivity contribution in [2.75, 3.05) is 57.3 Å². The molecule has 2 aliphatic heterocycles. The third kappa shape index (κ3) is 4.72. The van der Waals surface area contributed by atoms with Gasteiger partial charge in [-0.25, -0.2) is 4.98 Å². The number of hydrogen-bond donors (Lipinski definition) is 0. The molecule has 0 N–H and O–H groups in total. The quantitative estimate of drug-likeness (QED) is 0.741. The minimum atomic E-state index is -4.37. The van der Waals surface area contributed by atoms with Gasteiger partial charge in [0.1, 0.15) is 5.82 Å². The first kappa shape index (κ1) is 21.4. The Morgan fingerprint density at radius 1 is 1.10 bits per heavy atom. The molecule has 166 valence electrons. The summed E-state index contributed by atoms with van der Waals surface area (Å²) in [5.41, 5.74) is -0.735. The highest BCUT2D eigenvalue weighted by atomic mass is 19.4. The van der Waals surface area contributed by atoms with E-state index in [0.717, 1.165) is 44.5 Å². The molecule has 0 radical (unpaired) electrons. The standard InChI is InChI=1S/C21H30F3N5O/c1-16-14-29(19-6-5-17(13-25-19)21(22,23)24)12-11-28(16)15-20(30)27-9-7-26(8-10-27)18-3-2-4-18/h5-6,13,16,18H,2-4,7-12,14-15H2,1H3. The Kier molecular flexibility index (Phi) is 6.20. The molecule has 0 spiro atoms. The van der Waals surface area contributed by atoms with Crippen molar-refractivity contribution in [2.45, 2.75) is 44.4 Å². The lowest BCUT2D eigenvalue weighted by atomic mass is 9.91. The maximum absolute atomic E-state index is 12.8. The molecule has 3 heterocycles. The average molecular weight is 425 g/mol. The van der Waals surface area contributed by atoms with Crippen LogP contribution in [0.25, 0.3) is 0 Å². The Labute approximate surface area is 175 Å². The normalized spacial score (nSPS) is 24.7. The van der Waals surface area contributed by atoms with Gasteiger partial charge in [-0.3, -0.25) is 14.6 Å². The number of piperazine rings is 2. The molecule has 3 aliphatic rings. The van der Waals surface area contributed by atoms with Crippen molar-refractivity contribution in [3.63, 3.8) is 0 Å². The lowest BCUT2D eigenvalue weighted by molar-refractivity contribution is -0.138. The fraction of sp³-hybridized carbons (Fsp3) is 0.714. The first-order chi connectivity index (χ1) is 14.3. The smallest absolute Gasteiger partial charge is 0.354 e. The minimum absolute atomic E-state index is 0.128. The summed E-state index contributed by atoms with van der Waals surface area (Å²) in [5, 5.41) is 0. The van der Waals surface area contributed by atoms with Gasteiger partial charge in [-0.15, -0.1) is 0 Å². The van der Waals surface area contributed by atoms with E-state index >= 15 is 0 Å². The molecule has 1 aromatic heterocycles. The SMILES string of the molecule is CC1CN(c2ccc(C(F)(F)F)cn2)CCN1CC(=O)N1CCN(C2CCC2)CC1. The van der Waals surface area contributed by atoms with Crippen LogP contribution in [0.3, 0.4) is 0 Å². The van der Waals surface area contributed by atoms with E-state index < -0.39 is 11.7 Å². The van der Waals surface area contributed by atoms with Crippen LogP contribution in [-0.4, -0.2) is 90.0 Å². The predicted octanol–water partition coefficient (Wildman–Crippen LogP) is 2.31. The zero-order valence-corrected chi connectivity index (χ0v) is 17.4. The number of amides is 1. The van der Waals surface area contributed by atoms with Crippen molar-refractivity contribution in [2.24, 2.45) is 0 Å². The van der Waals surface area contributed by atoms with Gasteiger partial charge in [0.15, 0.2) is 0 Å². The minimum Gasteiger partial charge on any atom is -0.354 e. The van der Waals surface area contributed by atoms with Crippen molar-refractivity contribution < 1.29 is 18.0 Å². The maximum atomic E-state index is 12.8. The Hall–Kier alpha value is -1.87. The van der Waals surface area contributed by atoms with Gasteiger partial charge >= 0.3 is 6.18 Å². The molecule has 1 atom stereocenters. The van der Waals surface area contributed by atoms with Gasteiger partial charge in [-0.1, -0.05) is 6.42 Å². The van der Waals surface area contributed by atoms with Crippen LogP contribution in [-0.2, 0) is 11.0 Å². The molecule has 0 aromatic carbocycles. The molecular formula is C21H30F3N5O. The van der Waals surface area contributed by atoms with Gasteiger partial charge in [-0.05, 0) is 31.9 Å². The monoisotopic (exact) mass is 425 g/mol. The molecule has 1 aliphatic carbocycles. The van der Waals surface area contributed by atoms with Crippen molar-refractivity contribution in [1.82, 2.24) is 19.7 Å². The second-order valence-electron chi connectivity index (χ2n) is 8.67. The summed E-state index contributed by atoms with van der Waals surface area (Å²) < 4.78 is 38.2. The summed E-state index contributed by atoms with van der Waals surface area (Å²) in [5.74, 6) is 0.726. The van der Waals surface area contributed by atoms with Gasteiger partial charge in [0, 0.05) is 64.1 Å². The number of carbonyl (C=O) groups excluding carboxylic acids is 1. The molecule has 30 heavy (non-hydrogen) atoms. The van der Waals surface area contributed by atoms with Crippen LogP contribution in [0.15, 0.2) is 18.3 Å². The average Bonchev–Trinajstić information content (AvgIpc) is 2.68. The first-order valence-corrected chi connectivity index (χ1v) is 10.9. The van der Waals surface area contributed by atoms with Crippen molar-refractivity contribution in [3.8, 4) is 0 Å². The maximum Gasteiger partial charge on any atom is 0.417 e. The number of hydrogen-bond acceptors (Lipinski definition) is 5. The third-order valence-corrected chi connectivity index (χ3v) is 6.76. The summed E-state index contributed by atoms with van der Waals surface area (Å²) in [6.45, 7) is 7.98. The predicted molar refractivity (Wildman–Crippen MR) is 108 cm³/mol. The van der Waals surface area contributed by atoms with Crippen LogP contribution in [0.2, 0.25) is 0 Å². The highest BCUT2D eigenvalue weighted by Gasteiger charge is 2.33. The lowest BCUT2D eigenvalue weighted by Crippen LogP contribution is -2.58. The number of rotatable bonds is 4. The highest BCUT2D eigenvalue weighted by molar-refractivity contribution is 5.78. The molecule has 1 amide bonds. The number of aromatic nitrogens is 1. The molecule has 4 rings (SSSR count). The summed E-state index contributed by atoms with van der Waals surface area (Å²) in [7, 11) is 0. The van der Waals surface area contributed by atoms with Gasteiger partial charge < -0.3 is 9.80 Å². The largest absolute Gasteiger partial charge is 0.417 e. The molecular weight excluding hydrogens is 395 g/mol. The summed E-state index contributed by atoms with van der Waals surface area (Å²) in [6.07, 6.45) is 0.434. The molecule has 0 bridgehead atoms. The van der Waals surface area contributed by atoms with Gasteiger partial charge in [0.05, 0.1) is 12.1 Å². The Morgan fingerprint density at radius 2 is 1.83 bits per heavy atom. The summed E-state index contributed by atoms with van der Waals surface area (Å²) in [4.78, 5) is 25.4. The number of pyridine rings is 1. The van der Waals surface area contributed by atoms with Crippen molar-refractivity contribution in [1.29, 1.82) is 0 Å². The van der Waals surface area contributed by atoms with Gasteiger partial charge in [0.2, 0.25) is 5.91 Å². The molecule has 1 unspecified atom stereocenters. The van der Waals surface area contributed by atoms with E-state index in [1.165, 1.54) is 25.3 Å². The fourth-order valence-electron chi connectivity index (χ4n) is 4.54. The fourth-order valence-corrected chi connectivity index (χ4v) is 4.54. The Morgan fingerprint density at radius 3 is 2.37 bits per heavy atom. The topological polar surface area (TPSA) is 42.9 Å². The highest BCUT2D eigenvalue weighted by Crippen LogP contribution is 2.30. The molecule has 3 fully saturated rings. The number of alkyl halides is 3. The number of anilines is 1. The number of halogens is 3. The van der Waals surface area contributed by atoms with Crippen LogP contribution >= 0.6 is 0 Å². The zero-order chi connectivity index (χ0) is 21.3. The van der Waals surface area contributed by atoms with Crippen LogP contribution in [0.4, 0.5) is 19.0 Å². The van der Waals surface area contributed by atoms with E-state index in [1.54, 1.807) is 0 Å². The lowest BCUT2D eigenvalue weighted by Gasteiger charge is -2.44. The van der Waals surface area contributed by atoms with Crippen molar-refractivity contribution in [3.05, 3.63) is 23.9 Å². The zero-order valence-electron chi connectivity index (χ0n) is 17.4. The molecule has 2 saturated heterocycles. The number of carbonyl (C=O) groups is 1. The van der Waals surface area contributed by atoms with Crippen LogP contribution in [0, 0.1) is 0 Å². The summed E-state index contributed by atoms with van der Waals surface area (Å²) in [6, 6.07) is 3.36. The summed E-state index contributed by atoms with van der Waals surface area (Å²) >= 11 is 0. The second-order valence-corrected chi connectivity index (χ2v) is 8.67. The Balaban J connectivity index is 1.26. The third-order valence-electron chi connectivity index (χ3n) is 6.76. The van der Waals surface area contributed by atoms with Gasteiger partial charge in [0.25, 0.3) is 0 Å². The van der Waals surface area contributed by atoms with Crippen LogP contribution in [0.1, 0.15) is 31.7 Å². The van der Waals surface area contributed by atoms with E-state index in [4.69, 9.17) is 0 Å². The van der Waals surface area contributed by atoms with E-state index in [-0.39, 0.29) is 11.9 Å². The van der Waals surface area contributed by atoms with E-state index in [2.05, 4.69) is 21.7 Å². The van der Waals surface area contributed by atoms with E-state index in [9.17, 15) is 18.0 Å². The molecule has 1 aromatic rings. The number of nitrogens with zero attached hydrogens (tertiary/aromatic N) is 5. The second kappa shape index (κ2) is 8.70. The van der Waals surface area contributed by atoms with Crippen LogP contribution in [0.5, 0.6) is 0 Å². The van der Waals surface area contributed by atoms with Crippen LogP contribution < -0.4 is 4.90 Å². The van der Waals surface area contributed by atoms with Crippen molar-refractivity contribution >= 4 is 11.7 Å². The molecule has 1 saturated carbocycles. The van der Waals surface area contributed by atoms with E-state index in [0.29, 0.717) is 32.0 Å². The Bertz CT molecular complexity index is 729. The first-order valence-electron chi connectivity index (χ1n) is 10.9. The molecule has 9 heteroatoms. The van der Waals surface area contributed by atoms with E-state index in [1.807, 2.05) is 9.80 Å². The van der Waals surface area contributed by atoms with Gasteiger partial charge in [-0.2, -0.15) is 13.2 Å². The molecule has 6 nitrogen and oxygen atoms in total.